The molecule has 126 valence electrons. The van der Waals surface area contributed by atoms with Crippen molar-refractivity contribution in [2.24, 2.45) is 5.10 Å². The van der Waals surface area contributed by atoms with Crippen LogP contribution >= 0.6 is 11.6 Å². The van der Waals surface area contributed by atoms with Crippen molar-refractivity contribution >= 4 is 23.5 Å². The summed E-state index contributed by atoms with van der Waals surface area (Å²) in [4.78, 5) is 11.3. The van der Waals surface area contributed by atoms with Crippen molar-refractivity contribution in [1.29, 1.82) is 0 Å². The Hall–Kier alpha value is -3.12. The summed E-state index contributed by atoms with van der Waals surface area (Å²) in [6.45, 7) is 0.494. The lowest BCUT2D eigenvalue weighted by molar-refractivity contribution is 0.306. The first-order valence-electron chi connectivity index (χ1n) is 7.51. The zero-order valence-corrected chi connectivity index (χ0v) is 13.9. The first kappa shape index (κ1) is 16.7. The van der Waals surface area contributed by atoms with Crippen LogP contribution < -0.4 is 15.7 Å². The Morgan fingerprint density at radius 2 is 2.04 bits per heavy atom. The van der Waals surface area contributed by atoms with Gasteiger partial charge in [-0.15, -0.1) is 0 Å². The second-order valence-electron chi connectivity index (χ2n) is 5.14. The Kier molecular flexibility index (Phi) is 5.43. The Bertz CT molecular complexity index is 926. The number of aromatic nitrogens is 2. The number of benzene rings is 2. The second kappa shape index (κ2) is 8.12. The molecule has 0 radical (unpaired) electrons. The maximum atomic E-state index is 11.3. The summed E-state index contributed by atoms with van der Waals surface area (Å²) in [6, 6.07) is 17.4. The number of aromatic amines is 1. The lowest BCUT2D eigenvalue weighted by atomic mass is 10.2. The standard InChI is InChI=1S/C18H15ClN4O2/c19-17-16(11-21-23-18(17)24)22-20-10-14-7-4-8-15(9-14)25-12-13-5-2-1-3-6-13/h1-11H,12H2,(H2,22,23,24)/b20-10+. The van der Waals surface area contributed by atoms with E-state index in [9.17, 15) is 4.79 Å². The smallest absolute Gasteiger partial charge is 0.285 e. The Morgan fingerprint density at radius 3 is 2.88 bits per heavy atom. The molecule has 0 aliphatic rings. The van der Waals surface area contributed by atoms with Crippen LogP contribution in [0.5, 0.6) is 5.75 Å². The molecule has 3 aromatic rings. The van der Waals surface area contributed by atoms with E-state index in [2.05, 4.69) is 20.7 Å². The van der Waals surface area contributed by atoms with Gasteiger partial charge in [-0.25, -0.2) is 5.10 Å². The Balaban J connectivity index is 1.63. The maximum absolute atomic E-state index is 11.3. The number of anilines is 1. The molecule has 2 N–H and O–H groups in total. The van der Waals surface area contributed by atoms with E-state index in [0.717, 1.165) is 16.9 Å². The van der Waals surface area contributed by atoms with Gasteiger partial charge in [0.05, 0.1) is 12.4 Å². The average Bonchev–Trinajstić information content (AvgIpc) is 2.65. The summed E-state index contributed by atoms with van der Waals surface area (Å²) in [7, 11) is 0. The minimum atomic E-state index is -0.474. The number of hydrazone groups is 1. The highest BCUT2D eigenvalue weighted by Gasteiger charge is 2.03. The zero-order chi connectivity index (χ0) is 17.5. The van der Waals surface area contributed by atoms with Crippen LogP contribution in [-0.4, -0.2) is 16.4 Å². The van der Waals surface area contributed by atoms with Crippen LogP contribution in [-0.2, 0) is 6.61 Å². The van der Waals surface area contributed by atoms with Gasteiger partial charge < -0.3 is 4.74 Å². The molecule has 1 heterocycles. The first-order valence-corrected chi connectivity index (χ1v) is 7.89. The molecule has 3 rings (SSSR count). The highest BCUT2D eigenvalue weighted by atomic mass is 35.5. The van der Waals surface area contributed by atoms with Crippen molar-refractivity contribution in [1.82, 2.24) is 10.2 Å². The SMILES string of the molecule is O=c1[nH]ncc(N/N=C/c2cccc(OCc3ccccc3)c2)c1Cl. The van der Waals surface area contributed by atoms with Crippen LogP contribution in [0.4, 0.5) is 5.69 Å². The molecule has 6 nitrogen and oxygen atoms in total. The molecule has 0 aliphatic carbocycles. The monoisotopic (exact) mass is 354 g/mol. The minimum absolute atomic E-state index is 0.00657. The van der Waals surface area contributed by atoms with Crippen LogP contribution in [0, 0.1) is 0 Å². The minimum Gasteiger partial charge on any atom is -0.489 e. The van der Waals surface area contributed by atoms with Gasteiger partial charge in [0, 0.05) is 0 Å². The quantitative estimate of drug-likeness (QED) is 0.525. The molecule has 0 unspecified atom stereocenters. The van der Waals surface area contributed by atoms with E-state index in [1.54, 1.807) is 6.21 Å². The molecule has 25 heavy (non-hydrogen) atoms. The van der Waals surface area contributed by atoms with Crippen molar-refractivity contribution < 1.29 is 4.74 Å². The maximum Gasteiger partial charge on any atom is 0.285 e. The fraction of sp³-hybridized carbons (Fsp3) is 0.0556. The van der Waals surface area contributed by atoms with E-state index in [4.69, 9.17) is 16.3 Å². The van der Waals surface area contributed by atoms with Crippen LogP contribution in [0.25, 0.3) is 0 Å². The first-order chi connectivity index (χ1) is 12.2. The molecular weight excluding hydrogens is 340 g/mol. The van der Waals surface area contributed by atoms with Gasteiger partial charge in [0.25, 0.3) is 5.56 Å². The predicted molar refractivity (Wildman–Crippen MR) is 98.3 cm³/mol. The van der Waals surface area contributed by atoms with Crippen molar-refractivity contribution in [3.63, 3.8) is 0 Å². The number of hydrogen-bond donors (Lipinski definition) is 2. The highest BCUT2D eigenvalue weighted by molar-refractivity contribution is 6.32. The van der Waals surface area contributed by atoms with Crippen LogP contribution in [0.2, 0.25) is 5.02 Å². The lowest BCUT2D eigenvalue weighted by Gasteiger charge is -2.07. The number of H-pyrrole nitrogens is 1. The number of rotatable bonds is 6. The van der Waals surface area contributed by atoms with E-state index >= 15 is 0 Å². The molecular formula is C18H15ClN4O2. The normalized spacial score (nSPS) is 10.8. The molecule has 0 saturated heterocycles. The topological polar surface area (TPSA) is 79.4 Å². The largest absolute Gasteiger partial charge is 0.489 e. The molecule has 0 aliphatic heterocycles. The Morgan fingerprint density at radius 1 is 1.20 bits per heavy atom. The van der Waals surface area contributed by atoms with Gasteiger partial charge in [-0.05, 0) is 23.3 Å². The van der Waals surface area contributed by atoms with Crippen molar-refractivity contribution in [3.05, 3.63) is 87.3 Å². The van der Waals surface area contributed by atoms with Crippen molar-refractivity contribution in [2.45, 2.75) is 6.61 Å². The van der Waals surface area contributed by atoms with E-state index in [1.165, 1.54) is 6.20 Å². The van der Waals surface area contributed by atoms with Gasteiger partial charge in [-0.2, -0.15) is 10.2 Å². The second-order valence-corrected chi connectivity index (χ2v) is 5.52. The number of hydrogen-bond acceptors (Lipinski definition) is 5. The average molecular weight is 355 g/mol. The van der Waals surface area contributed by atoms with Gasteiger partial charge in [0.1, 0.15) is 23.1 Å². The summed E-state index contributed by atoms with van der Waals surface area (Å²) in [6.07, 6.45) is 2.99. The Labute approximate surface area is 149 Å². The van der Waals surface area contributed by atoms with Crippen LogP contribution in [0.1, 0.15) is 11.1 Å². The fourth-order valence-electron chi connectivity index (χ4n) is 2.06. The van der Waals surface area contributed by atoms with Gasteiger partial charge >= 0.3 is 0 Å². The summed E-state index contributed by atoms with van der Waals surface area (Å²) in [5, 5.41) is 9.97. The van der Waals surface area contributed by atoms with Crippen molar-refractivity contribution in [2.75, 3.05) is 5.43 Å². The molecule has 0 amide bonds. The number of ether oxygens (including phenoxy) is 1. The molecule has 0 atom stereocenters. The van der Waals surface area contributed by atoms with E-state index in [-0.39, 0.29) is 5.02 Å². The summed E-state index contributed by atoms with van der Waals surface area (Å²) in [5.41, 5.74) is 4.49. The molecule has 7 heteroatoms. The highest BCUT2D eigenvalue weighted by Crippen LogP contribution is 2.16. The fourth-order valence-corrected chi connectivity index (χ4v) is 2.20. The van der Waals surface area contributed by atoms with Gasteiger partial charge in [-0.1, -0.05) is 54.1 Å². The summed E-state index contributed by atoms with van der Waals surface area (Å²) in [5.74, 6) is 0.739. The molecule has 2 aromatic carbocycles. The van der Waals surface area contributed by atoms with E-state index in [1.807, 2.05) is 54.6 Å². The number of halogens is 1. The zero-order valence-electron chi connectivity index (χ0n) is 13.1. The number of nitrogens with one attached hydrogen (secondary N) is 2. The molecule has 0 spiro atoms. The van der Waals surface area contributed by atoms with Gasteiger partial charge in [0.15, 0.2) is 0 Å². The lowest BCUT2D eigenvalue weighted by Crippen LogP contribution is -2.10. The van der Waals surface area contributed by atoms with E-state index in [0.29, 0.717) is 12.3 Å². The number of nitrogens with zero attached hydrogens (tertiary/aromatic N) is 2. The van der Waals surface area contributed by atoms with Crippen LogP contribution in [0.15, 0.2) is 70.7 Å². The third-order valence-corrected chi connectivity index (χ3v) is 3.68. The summed E-state index contributed by atoms with van der Waals surface area (Å²) >= 11 is 5.86. The molecule has 0 saturated carbocycles. The molecule has 0 bridgehead atoms. The van der Waals surface area contributed by atoms with Crippen LogP contribution in [0.3, 0.4) is 0 Å². The summed E-state index contributed by atoms with van der Waals surface area (Å²) < 4.78 is 5.77. The molecule has 0 fully saturated rings. The van der Waals surface area contributed by atoms with Gasteiger partial charge in [-0.3, -0.25) is 10.2 Å². The van der Waals surface area contributed by atoms with E-state index < -0.39 is 5.56 Å². The van der Waals surface area contributed by atoms with Crippen molar-refractivity contribution in [3.8, 4) is 5.75 Å². The van der Waals surface area contributed by atoms with Gasteiger partial charge in [0.2, 0.25) is 0 Å². The third kappa shape index (κ3) is 4.68. The molecule has 1 aromatic heterocycles. The predicted octanol–water partition coefficient (Wildman–Crippen LogP) is 3.45. The third-order valence-electron chi connectivity index (χ3n) is 3.30.